The van der Waals surface area contributed by atoms with Crippen LogP contribution in [0.15, 0.2) is 18.2 Å². The van der Waals surface area contributed by atoms with Gasteiger partial charge in [0, 0.05) is 23.3 Å². The van der Waals surface area contributed by atoms with Crippen LogP contribution in [0.1, 0.15) is 32.3 Å². The van der Waals surface area contributed by atoms with E-state index in [-0.39, 0.29) is 0 Å². The summed E-state index contributed by atoms with van der Waals surface area (Å²) in [4.78, 5) is 2.50. The van der Waals surface area contributed by atoms with Crippen LogP contribution in [0.3, 0.4) is 0 Å². The van der Waals surface area contributed by atoms with E-state index in [9.17, 15) is 0 Å². The van der Waals surface area contributed by atoms with Crippen molar-refractivity contribution >= 4 is 17.3 Å². The summed E-state index contributed by atoms with van der Waals surface area (Å²) in [6, 6.07) is 6.76. The standard InChI is InChI=1S/C15H23ClN2/c1-11-4-3-9-18(12(11)2)15-10-14(16)6-5-13(15)7-8-17/h5-6,10-12H,3-4,7-9,17H2,1-2H3. The number of piperidine rings is 1. The van der Waals surface area contributed by atoms with Crippen LogP contribution >= 0.6 is 11.6 Å². The molecule has 0 aliphatic carbocycles. The predicted octanol–water partition coefficient (Wildman–Crippen LogP) is 3.47. The molecule has 2 N–H and O–H groups in total. The highest BCUT2D eigenvalue weighted by Gasteiger charge is 2.26. The molecule has 0 bridgehead atoms. The lowest BCUT2D eigenvalue weighted by atomic mass is 9.91. The van der Waals surface area contributed by atoms with Gasteiger partial charge in [-0.1, -0.05) is 24.6 Å². The second-order valence-corrected chi connectivity index (χ2v) is 5.80. The molecule has 0 saturated carbocycles. The van der Waals surface area contributed by atoms with Gasteiger partial charge in [0.1, 0.15) is 0 Å². The number of hydrogen-bond donors (Lipinski definition) is 1. The van der Waals surface area contributed by atoms with E-state index in [1.54, 1.807) is 0 Å². The maximum Gasteiger partial charge on any atom is 0.0426 e. The zero-order valence-electron chi connectivity index (χ0n) is 11.3. The van der Waals surface area contributed by atoms with Gasteiger partial charge in [-0.05, 0) is 56.3 Å². The Morgan fingerprint density at radius 3 is 2.89 bits per heavy atom. The first-order valence-electron chi connectivity index (χ1n) is 6.88. The van der Waals surface area contributed by atoms with Gasteiger partial charge in [0.25, 0.3) is 0 Å². The number of nitrogens with two attached hydrogens (primary N) is 1. The highest BCUT2D eigenvalue weighted by molar-refractivity contribution is 6.30. The fraction of sp³-hybridized carbons (Fsp3) is 0.600. The van der Waals surface area contributed by atoms with Crippen molar-refractivity contribution in [1.29, 1.82) is 0 Å². The Morgan fingerprint density at radius 1 is 1.39 bits per heavy atom. The molecule has 1 saturated heterocycles. The van der Waals surface area contributed by atoms with Crippen molar-refractivity contribution in [3.8, 4) is 0 Å². The average Bonchev–Trinajstić information content (AvgIpc) is 2.35. The summed E-state index contributed by atoms with van der Waals surface area (Å²) >= 11 is 6.16. The number of anilines is 1. The molecule has 0 amide bonds. The third kappa shape index (κ3) is 2.81. The van der Waals surface area contributed by atoms with Gasteiger partial charge in [-0.2, -0.15) is 0 Å². The molecule has 0 aromatic heterocycles. The smallest absolute Gasteiger partial charge is 0.0426 e. The molecular weight excluding hydrogens is 244 g/mol. The van der Waals surface area contributed by atoms with Crippen molar-refractivity contribution < 1.29 is 0 Å². The number of benzene rings is 1. The fourth-order valence-electron chi connectivity index (χ4n) is 2.85. The first-order valence-corrected chi connectivity index (χ1v) is 7.26. The van der Waals surface area contributed by atoms with E-state index in [2.05, 4.69) is 30.9 Å². The number of halogens is 1. The quantitative estimate of drug-likeness (QED) is 0.908. The van der Waals surface area contributed by atoms with Crippen LogP contribution in [0, 0.1) is 5.92 Å². The lowest BCUT2D eigenvalue weighted by Gasteiger charge is -2.40. The van der Waals surface area contributed by atoms with Gasteiger partial charge in [0.2, 0.25) is 0 Å². The van der Waals surface area contributed by atoms with Gasteiger partial charge >= 0.3 is 0 Å². The molecule has 1 aromatic rings. The van der Waals surface area contributed by atoms with Crippen molar-refractivity contribution in [2.75, 3.05) is 18.0 Å². The summed E-state index contributed by atoms with van der Waals surface area (Å²) in [6.45, 7) is 6.47. The Balaban J connectivity index is 2.32. The monoisotopic (exact) mass is 266 g/mol. The maximum absolute atomic E-state index is 6.16. The lowest BCUT2D eigenvalue weighted by molar-refractivity contribution is 0.363. The van der Waals surface area contributed by atoms with Crippen LogP contribution in [0.5, 0.6) is 0 Å². The zero-order valence-corrected chi connectivity index (χ0v) is 12.1. The first kappa shape index (κ1) is 13.7. The summed E-state index contributed by atoms with van der Waals surface area (Å²) in [5.74, 6) is 0.739. The van der Waals surface area contributed by atoms with Crippen LogP contribution in [0.2, 0.25) is 5.02 Å². The summed E-state index contributed by atoms with van der Waals surface area (Å²) in [5, 5.41) is 0.816. The SMILES string of the molecule is CC1CCCN(c2cc(Cl)ccc2CCN)C1C. The molecule has 2 nitrogen and oxygen atoms in total. The molecular formula is C15H23ClN2. The Kier molecular flexibility index (Phi) is 4.52. The largest absolute Gasteiger partial charge is 0.368 e. The molecule has 1 aromatic carbocycles. The van der Waals surface area contributed by atoms with Crippen LogP contribution < -0.4 is 10.6 Å². The number of rotatable bonds is 3. The van der Waals surface area contributed by atoms with Gasteiger partial charge in [0.05, 0.1) is 0 Å². The molecule has 100 valence electrons. The van der Waals surface area contributed by atoms with Gasteiger partial charge < -0.3 is 10.6 Å². The van der Waals surface area contributed by atoms with Crippen LogP contribution in [0.25, 0.3) is 0 Å². The summed E-state index contributed by atoms with van der Waals surface area (Å²) in [6.07, 6.45) is 3.51. The minimum atomic E-state index is 0.578. The molecule has 2 rings (SSSR count). The maximum atomic E-state index is 6.16. The highest BCUT2D eigenvalue weighted by atomic mass is 35.5. The van der Waals surface area contributed by atoms with Crippen LogP contribution in [-0.2, 0) is 6.42 Å². The lowest BCUT2D eigenvalue weighted by Crippen LogP contribution is -2.43. The van der Waals surface area contributed by atoms with Crippen molar-refractivity contribution in [2.24, 2.45) is 11.7 Å². The Labute approximate surface area is 115 Å². The number of nitrogens with zero attached hydrogens (tertiary/aromatic N) is 1. The molecule has 2 atom stereocenters. The summed E-state index contributed by atoms with van der Waals surface area (Å²) in [5.41, 5.74) is 8.31. The Morgan fingerprint density at radius 2 is 2.17 bits per heavy atom. The normalized spacial score (nSPS) is 24.3. The molecule has 1 aliphatic heterocycles. The van der Waals surface area contributed by atoms with Gasteiger partial charge in [0.15, 0.2) is 0 Å². The van der Waals surface area contributed by atoms with Crippen LogP contribution in [-0.4, -0.2) is 19.1 Å². The van der Waals surface area contributed by atoms with E-state index in [1.165, 1.54) is 24.1 Å². The third-order valence-corrected chi connectivity index (χ3v) is 4.38. The van der Waals surface area contributed by atoms with E-state index in [1.807, 2.05) is 6.07 Å². The third-order valence-electron chi connectivity index (χ3n) is 4.14. The minimum Gasteiger partial charge on any atom is -0.368 e. The topological polar surface area (TPSA) is 29.3 Å². The Bertz CT molecular complexity index is 405. The molecule has 1 fully saturated rings. The molecule has 0 spiro atoms. The first-order chi connectivity index (χ1) is 8.63. The van der Waals surface area contributed by atoms with Gasteiger partial charge in [-0.15, -0.1) is 0 Å². The second-order valence-electron chi connectivity index (χ2n) is 5.37. The van der Waals surface area contributed by atoms with Crippen LogP contribution in [0.4, 0.5) is 5.69 Å². The number of hydrogen-bond acceptors (Lipinski definition) is 2. The molecule has 0 radical (unpaired) electrons. The predicted molar refractivity (Wildman–Crippen MR) is 79.4 cm³/mol. The molecule has 1 aliphatic rings. The van der Waals surface area contributed by atoms with E-state index < -0.39 is 0 Å². The van der Waals surface area contributed by atoms with Gasteiger partial charge in [-0.3, -0.25) is 0 Å². The van der Waals surface area contributed by atoms with E-state index >= 15 is 0 Å². The summed E-state index contributed by atoms with van der Waals surface area (Å²) < 4.78 is 0. The van der Waals surface area contributed by atoms with E-state index in [4.69, 9.17) is 17.3 Å². The van der Waals surface area contributed by atoms with Crippen molar-refractivity contribution in [3.05, 3.63) is 28.8 Å². The second kappa shape index (κ2) is 5.94. The van der Waals surface area contributed by atoms with Crippen molar-refractivity contribution in [2.45, 2.75) is 39.2 Å². The fourth-order valence-corrected chi connectivity index (χ4v) is 3.01. The highest BCUT2D eigenvalue weighted by Crippen LogP contribution is 2.32. The van der Waals surface area contributed by atoms with Crippen molar-refractivity contribution in [1.82, 2.24) is 0 Å². The molecule has 1 heterocycles. The minimum absolute atomic E-state index is 0.578. The zero-order chi connectivity index (χ0) is 13.1. The molecule has 2 unspecified atom stereocenters. The van der Waals surface area contributed by atoms with Gasteiger partial charge in [-0.25, -0.2) is 0 Å². The van der Waals surface area contributed by atoms with Crippen molar-refractivity contribution in [3.63, 3.8) is 0 Å². The molecule has 18 heavy (non-hydrogen) atoms. The van der Waals surface area contributed by atoms with E-state index in [0.717, 1.165) is 23.9 Å². The Hall–Kier alpha value is -0.730. The van der Waals surface area contributed by atoms with E-state index in [0.29, 0.717) is 12.6 Å². The summed E-state index contributed by atoms with van der Waals surface area (Å²) in [7, 11) is 0. The molecule has 3 heteroatoms. The average molecular weight is 267 g/mol.